The molecule has 4 aromatic rings. The lowest BCUT2D eigenvalue weighted by Gasteiger charge is -2.08. The predicted octanol–water partition coefficient (Wildman–Crippen LogP) is 5.21. The Balaban J connectivity index is 1.34. The molecule has 4 rings (SSSR count). The first kappa shape index (κ1) is 21.3. The molecule has 160 valence electrons. The van der Waals surface area contributed by atoms with Crippen molar-refractivity contribution in [2.45, 2.75) is 6.61 Å². The van der Waals surface area contributed by atoms with Crippen LogP contribution >= 0.6 is 11.6 Å². The van der Waals surface area contributed by atoms with E-state index in [1.54, 1.807) is 18.2 Å². The second-order valence-electron chi connectivity index (χ2n) is 6.82. The van der Waals surface area contributed by atoms with Crippen LogP contribution in [0.1, 0.15) is 21.6 Å². The van der Waals surface area contributed by atoms with E-state index >= 15 is 0 Å². The maximum atomic E-state index is 12.9. The van der Waals surface area contributed by atoms with Crippen LogP contribution in [0.5, 0.6) is 5.75 Å². The van der Waals surface area contributed by atoms with E-state index in [1.165, 1.54) is 18.3 Å². The van der Waals surface area contributed by atoms with Crippen LogP contribution in [0.4, 0.5) is 4.39 Å². The Morgan fingerprint density at radius 3 is 2.59 bits per heavy atom. The standard InChI is InChI=1S/C24H18ClFN4O2/c25-21-4-2-1-3-18(21)15-32-20-11-7-17(8-12-20)22-13-23(29-28-22)24(31)30-27-14-16-5-9-19(26)10-6-16/h1-14H,15H2,(H,28,29)(H,30,31). The number of aromatic nitrogens is 2. The highest BCUT2D eigenvalue weighted by atomic mass is 35.5. The molecule has 2 N–H and O–H groups in total. The minimum atomic E-state index is -0.443. The number of ether oxygens (including phenoxy) is 1. The number of halogens is 2. The Morgan fingerprint density at radius 1 is 1.09 bits per heavy atom. The Morgan fingerprint density at radius 2 is 1.84 bits per heavy atom. The number of aromatic amines is 1. The molecule has 0 fully saturated rings. The average molecular weight is 449 g/mol. The number of carbonyl (C=O) groups excluding carboxylic acids is 1. The molecule has 1 amide bonds. The maximum Gasteiger partial charge on any atom is 0.289 e. The van der Waals surface area contributed by atoms with Gasteiger partial charge < -0.3 is 4.74 Å². The number of carbonyl (C=O) groups is 1. The summed E-state index contributed by atoms with van der Waals surface area (Å²) in [5.74, 6) is -0.0875. The van der Waals surface area contributed by atoms with Crippen LogP contribution in [-0.2, 0) is 6.61 Å². The van der Waals surface area contributed by atoms with Gasteiger partial charge in [0.15, 0.2) is 0 Å². The molecule has 0 saturated heterocycles. The van der Waals surface area contributed by atoms with Gasteiger partial charge in [-0.3, -0.25) is 9.89 Å². The fraction of sp³-hybridized carbons (Fsp3) is 0.0417. The van der Waals surface area contributed by atoms with Gasteiger partial charge in [-0.25, -0.2) is 9.82 Å². The third-order valence-corrected chi connectivity index (χ3v) is 4.94. The van der Waals surface area contributed by atoms with Crippen LogP contribution in [0.25, 0.3) is 11.3 Å². The van der Waals surface area contributed by atoms with Crippen molar-refractivity contribution in [3.05, 3.63) is 107 Å². The lowest BCUT2D eigenvalue weighted by atomic mass is 10.1. The summed E-state index contributed by atoms with van der Waals surface area (Å²) >= 11 is 6.15. The number of nitrogens with one attached hydrogen (secondary N) is 2. The molecule has 8 heteroatoms. The highest BCUT2D eigenvalue weighted by Crippen LogP contribution is 2.23. The second-order valence-corrected chi connectivity index (χ2v) is 7.23. The summed E-state index contributed by atoms with van der Waals surface area (Å²) in [5.41, 5.74) is 5.66. The number of hydrogen-bond acceptors (Lipinski definition) is 4. The quantitative estimate of drug-likeness (QED) is 0.301. The van der Waals surface area contributed by atoms with Crippen LogP contribution in [0.3, 0.4) is 0 Å². The molecule has 0 aliphatic carbocycles. The van der Waals surface area contributed by atoms with Crippen molar-refractivity contribution in [1.29, 1.82) is 0 Å². The van der Waals surface area contributed by atoms with Gasteiger partial charge in [0.25, 0.3) is 5.91 Å². The van der Waals surface area contributed by atoms with Crippen LogP contribution < -0.4 is 10.2 Å². The van der Waals surface area contributed by atoms with Crippen molar-refractivity contribution >= 4 is 23.7 Å². The summed E-state index contributed by atoms with van der Waals surface area (Å²) in [7, 11) is 0. The van der Waals surface area contributed by atoms with Gasteiger partial charge in [0.05, 0.1) is 11.9 Å². The summed E-state index contributed by atoms with van der Waals surface area (Å²) in [6, 6.07) is 22.3. The van der Waals surface area contributed by atoms with Crippen LogP contribution in [0.2, 0.25) is 5.02 Å². The predicted molar refractivity (Wildman–Crippen MR) is 121 cm³/mol. The Hall–Kier alpha value is -3.97. The summed E-state index contributed by atoms with van der Waals surface area (Å²) < 4.78 is 18.7. The molecule has 0 unspecified atom stereocenters. The summed E-state index contributed by atoms with van der Waals surface area (Å²) in [5, 5.41) is 11.4. The Labute approximate surface area is 188 Å². The highest BCUT2D eigenvalue weighted by Gasteiger charge is 2.11. The first-order valence-electron chi connectivity index (χ1n) is 9.69. The number of hydrogen-bond donors (Lipinski definition) is 2. The molecule has 6 nitrogen and oxygen atoms in total. The lowest BCUT2D eigenvalue weighted by molar-refractivity contribution is 0.0950. The van der Waals surface area contributed by atoms with E-state index < -0.39 is 5.91 Å². The van der Waals surface area contributed by atoms with E-state index in [0.717, 1.165) is 11.1 Å². The second kappa shape index (κ2) is 9.89. The van der Waals surface area contributed by atoms with Crippen LogP contribution in [0.15, 0.2) is 84.0 Å². The van der Waals surface area contributed by atoms with Crippen molar-refractivity contribution in [1.82, 2.24) is 15.6 Å². The molecule has 1 aromatic heterocycles. The Kier molecular flexibility index (Phi) is 6.57. The molecule has 0 aliphatic rings. The van der Waals surface area contributed by atoms with Gasteiger partial charge in [-0.1, -0.05) is 41.9 Å². The lowest BCUT2D eigenvalue weighted by Crippen LogP contribution is -2.17. The molecule has 1 heterocycles. The number of benzene rings is 3. The normalized spacial score (nSPS) is 10.9. The van der Waals surface area contributed by atoms with Gasteiger partial charge in [-0.05, 0) is 54.1 Å². The molecule has 0 saturated carbocycles. The highest BCUT2D eigenvalue weighted by molar-refractivity contribution is 6.31. The van der Waals surface area contributed by atoms with E-state index in [2.05, 4.69) is 20.7 Å². The van der Waals surface area contributed by atoms with Gasteiger partial charge >= 0.3 is 0 Å². The fourth-order valence-electron chi connectivity index (χ4n) is 2.86. The summed E-state index contributed by atoms with van der Waals surface area (Å²) in [4.78, 5) is 12.2. The van der Waals surface area contributed by atoms with E-state index in [-0.39, 0.29) is 11.5 Å². The largest absolute Gasteiger partial charge is 0.489 e. The molecule has 0 spiro atoms. The van der Waals surface area contributed by atoms with Gasteiger partial charge in [-0.2, -0.15) is 10.2 Å². The summed E-state index contributed by atoms with van der Waals surface area (Å²) in [6.07, 6.45) is 1.43. The number of rotatable bonds is 7. The van der Waals surface area contributed by atoms with E-state index in [9.17, 15) is 9.18 Å². The van der Waals surface area contributed by atoms with Crippen molar-refractivity contribution in [3.8, 4) is 17.0 Å². The topological polar surface area (TPSA) is 79.4 Å². The van der Waals surface area contributed by atoms with Gasteiger partial charge in [0.1, 0.15) is 23.9 Å². The summed E-state index contributed by atoms with van der Waals surface area (Å²) in [6.45, 7) is 0.365. The molecule has 0 bridgehead atoms. The minimum absolute atomic E-state index is 0.260. The van der Waals surface area contributed by atoms with Crippen molar-refractivity contribution < 1.29 is 13.9 Å². The molecule has 0 radical (unpaired) electrons. The zero-order valence-corrected chi connectivity index (χ0v) is 17.5. The SMILES string of the molecule is O=C(NN=Cc1ccc(F)cc1)c1cc(-c2ccc(OCc3ccccc3Cl)cc2)n[nH]1. The van der Waals surface area contributed by atoms with E-state index in [4.69, 9.17) is 16.3 Å². The zero-order chi connectivity index (χ0) is 22.3. The zero-order valence-electron chi connectivity index (χ0n) is 16.8. The average Bonchev–Trinajstić information content (AvgIpc) is 3.31. The van der Waals surface area contributed by atoms with Crippen molar-refractivity contribution in [2.75, 3.05) is 0 Å². The first-order chi connectivity index (χ1) is 15.6. The minimum Gasteiger partial charge on any atom is -0.489 e. The molecule has 3 aromatic carbocycles. The maximum absolute atomic E-state index is 12.9. The molecule has 0 aliphatic heterocycles. The number of H-pyrrole nitrogens is 1. The van der Waals surface area contributed by atoms with Crippen LogP contribution in [0, 0.1) is 5.82 Å². The Bertz CT molecular complexity index is 1240. The smallest absolute Gasteiger partial charge is 0.289 e. The van der Waals surface area contributed by atoms with Crippen molar-refractivity contribution in [3.63, 3.8) is 0 Å². The van der Waals surface area contributed by atoms with Crippen LogP contribution in [-0.4, -0.2) is 22.3 Å². The molecular formula is C24H18ClFN4O2. The first-order valence-corrected chi connectivity index (χ1v) is 10.1. The van der Waals surface area contributed by atoms with E-state index in [0.29, 0.717) is 28.6 Å². The monoisotopic (exact) mass is 448 g/mol. The fourth-order valence-corrected chi connectivity index (χ4v) is 3.05. The molecule has 0 atom stereocenters. The number of nitrogens with zero attached hydrogens (tertiary/aromatic N) is 2. The van der Waals surface area contributed by atoms with Gasteiger partial charge in [-0.15, -0.1) is 0 Å². The molecular weight excluding hydrogens is 431 g/mol. The third kappa shape index (κ3) is 5.39. The number of hydrazone groups is 1. The number of amides is 1. The molecule has 32 heavy (non-hydrogen) atoms. The third-order valence-electron chi connectivity index (χ3n) is 4.57. The van der Waals surface area contributed by atoms with Gasteiger partial charge in [0.2, 0.25) is 0 Å². The van der Waals surface area contributed by atoms with E-state index in [1.807, 2.05) is 48.5 Å². The van der Waals surface area contributed by atoms with Gasteiger partial charge in [0, 0.05) is 16.1 Å². The van der Waals surface area contributed by atoms with Crippen molar-refractivity contribution in [2.24, 2.45) is 5.10 Å².